The van der Waals surface area contributed by atoms with E-state index in [1.54, 1.807) is 0 Å². The minimum absolute atomic E-state index is 0.767. The predicted molar refractivity (Wildman–Crippen MR) is 52.4 cm³/mol. The van der Waals surface area contributed by atoms with Gasteiger partial charge in [0.05, 0.1) is 0 Å². The van der Waals surface area contributed by atoms with E-state index in [0.717, 1.165) is 19.0 Å². The van der Waals surface area contributed by atoms with Crippen LogP contribution in [-0.2, 0) is 0 Å². The zero-order chi connectivity index (χ0) is 7.84. The largest absolute Gasteiger partial charge is 0.315 e. The van der Waals surface area contributed by atoms with Crippen LogP contribution in [-0.4, -0.2) is 13.1 Å². The van der Waals surface area contributed by atoms with E-state index < -0.39 is 0 Å². The van der Waals surface area contributed by atoms with Gasteiger partial charge in [-0.25, -0.2) is 0 Å². The van der Waals surface area contributed by atoms with Gasteiger partial charge in [0.2, 0.25) is 0 Å². The van der Waals surface area contributed by atoms with Gasteiger partial charge in [-0.2, -0.15) is 0 Å². The monoisotopic (exact) mass is 231 g/mol. The fraction of sp³-hybridized carbons (Fsp3) is 0.500. The summed E-state index contributed by atoms with van der Waals surface area (Å²) in [6.07, 6.45) is 0. The Morgan fingerprint density at radius 2 is 2.36 bits per heavy atom. The molecular formula is C8H10BrNS. The highest BCUT2D eigenvalue weighted by atomic mass is 79.9. The summed E-state index contributed by atoms with van der Waals surface area (Å²) >= 11 is 5.48. The highest BCUT2D eigenvalue weighted by molar-refractivity contribution is 9.10. The number of halogens is 1. The van der Waals surface area contributed by atoms with E-state index in [0.29, 0.717) is 0 Å². The number of hydrogen-bond acceptors (Lipinski definition) is 2. The van der Waals surface area contributed by atoms with E-state index >= 15 is 0 Å². The molecule has 0 radical (unpaired) electrons. The summed E-state index contributed by atoms with van der Waals surface area (Å²) in [6, 6.07) is 0. The van der Waals surface area contributed by atoms with Gasteiger partial charge in [0.25, 0.3) is 0 Å². The third-order valence-electron chi connectivity index (χ3n) is 2.08. The van der Waals surface area contributed by atoms with Crippen molar-refractivity contribution in [3.05, 3.63) is 20.3 Å². The Balaban J connectivity index is 2.29. The van der Waals surface area contributed by atoms with Crippen LogP contribution in [0.5, 0.6) is 0 Å². The van der Waals surface area contributed by atoms with Gasteiger partial charge in [0.15, 0.2) is 0 Å². The molecule has 1 N–H and O–H groups in total. The Morgan fingerprint density at radius 1 is 1.64 bits per heavy atom. The van der Waals surface area contributed by atoms with E-state index in [1.165, 1.54) is 14.9 Å². The van der Waals surface area contributed by atoms with Crippen molar-refractivity contribution in [2.45, 2.75) is 12.8 Å². The van der Waals surface area contributed by atoms with Crippen molar-refractivity contribution >= 4 is 27.3 Å². The van der Waals surface area contributed by atoms with Crippen LogP contribution in [0.25, 0.3) is 0 Å². The van der Waals surface area contributed by atoms with Crippen LogP contribution < -0.4 is 5.32 Å². The topological polar surface area (TPSA) is 12.0 Å². The summed E-state index contributed by atoms with van der Waals surface area (Å²) in [4.78, 5) is 1.52. The lowest BCUT2D eigenvalue weighted by Crippen LogP contribution is -2.39. The number of hydrogen-bond donors (Lipinski definition) is 1. The number of nitrogens with one attached hydrogen (secondary N) is 1. The van der Waals surface area contributed by atoms with Gasteiger partial charge in [0.1, 0.15) is 0 Å². The Morgan fingerprint density at radius 3 is 2.73 bits per heavy atom. The number of rotatable bonds is 1. The summed E-state index contributed by atoms with van der Waals surface area (Å²) in [5, 5.41) is 5.50. The molecule has 11 heavy (non-hydrogen) atoms. The number of thiophene rings is 1. The lowest BCUT2D eigenvalue weighted by Gasteiger charge is -2.26. The number of aryl methyl sites for hydroxylation is 1. The average Bonchev–Trinajstić information content (AvgIpc) is 2.15. The molecule has 0 amide bonds. The van der Waals surface area contributed by atoms with Crippen molar-refractivity contribution in [1.82, 2.24) is 5.32 Å². The molecule has 1 aromatic rings. The van der Waals surface area contributed by atoms with Crippen molar-refractivity contribution in [2.75, 3.05) is 13.1 Å². The Kier molecular flexibility index (Phi) is 2.04. The lowest BCUT2D eigenvalue weighted by atomic mass is 10.0. The molecule has 1 aromatic heterocycles. The molecule has 60 valence electrons. The lowest BCUT2D eigenvalue weighted by molar-refractivity contribution is 0.453. The Bertz CT molecular complexity index is 265. The second kappa shape index (κ2) is 2.88. The van der Waals surface area contributed by atoms with E-state index in [9.17, 15) is 0 Å². The first kappa shape index (κ1) is 7.77. The van der Waals surface area contributed by atoms with Crippen LogP contribution in [0.4, 0.5) is 0 Å². The first-order chi connectivity index (χ1) is 5.29. The SMILES string of the molecule is Cc1csc(C2CNC2)c1Br. The maximum absolute atomic E-state index is 3.61. The minimum Gasteiger partial charge on any atom is -0.315 e. The second-order valence-electron chi connectivity index (χ2n) is 2.95. The summed E-state index contributed by atoms with van der Waals surface area (Å²) in [7, 11) is 0. The molecule has 3 heteroatoms. The molecule has 0 aromatic carbocycles. The molecule has 2 rings (SSSR count). The second-order valence-corrected chi connectivity index (χ2v) is 4.66. The normalized spacial score (nSPS) is 18.4. The molecule has 0 spiro atoms. The van der Waals surface area contributed by atoms with Crippen LogP contribution >= 0.6 is 27.3 Å². The molecule has 1 fully saturated rings. The summed E-state index contributed by atoms with van der Waals surface area (Å²) < 4.78 is 1.33. The quantitative estimate of drug-likeness (QED) is 0.784. The van der Waals surface area contributed by atoms with Crippen LogP contribution in [0.3, 0.4) is 0 Å². The van der Waals surface area contributed by atoms with Gasteiger partial charge >= 0.3 is 0 Å². The fourth-order valence-electron chi connectivity index (χ4n) is 1.20. The maximum Gasteiger partial charge on any atom is 0.0347 e. The third kappa shape index (κ3) is 1.25. The zero-order valence-electron chi connectivity index (χ0n) is 6.36. The Hall–Kier alpha value is 0.140. The molecule has 0 atom stereocenters. The smallest absolute Gasteiger partial charge is 0.0347 e. The highest BCUT2D eigenvalue weighted by Gasteiger charge is 2.22. The first-order valence-electron chi connectivity index (χ1n) is 3.73. The van der Waals surface area contributed by atoms with E-state index in [-0.39, 0.29) is 0 Å². The molecule has 0 unspecified atom stereocenters. The molecule has 0 bridgehead atoms. The Labute approximate surface area is 78.9 Å². The summed E-state index contributed by atoms with van der Waals surface area (Å²) in [5.41, 5.74) is 1.37. The first-order valence-corrected chi connectivity index (χ1v) is 5.40. The van der Waals surface area contributed by atoms with Crippen LogP contribution in [0.1, 0.15) is 16.4 Å². The van der Waals surface area contributed by atoms with Gasteiger partial charge in [0, 0.05) is 28.4 Å². The van der Waals surface area contributed by atoms with Crippen molar-refractivity contribution in [3.8, 4) is 0 Å². The third-order valence-corrected chi connectivity index (χ3v) is 4.66. The van der Waals surface area contributed by atoms with Gasteiger partial charge in [-0.05, 0) is 33.8 Å². The van der Waals surface area contributed by atoms with Crippen molar-refractivity contribution in [1.29, 1.82) is 0 Å². The molecule has 2 heterocycles. The van der Waals surface area contributed by atoms with E-state index in [4.69, 9.17) is 0 Å². The van der Waals surface area contributed by atoms with Crippen LogP contribution in [0.15, 0.2) is 9.85 Å². The molecule has 1 saturated heterocycles. The minimum atomic E-state index is 0.767. The van der Waals surface area contributed by atoms with Crippen LogP contribution in [0, 0.1) is 6.92 Å². The molecule has 1 aliphatic heterocycles. The van der Waals surface area contributed by atoms with E-state index in [1.807, 2.05) is 11.3 Å². The summed E-state index contributed by atoms with van der Waals surface area (Å²) in [5.74, 6) is 0.767. The van der Waals surface area contributed by atoms with Gasteiger partial charge in [-0.15, -0.1) is 11.3 Å². The zero-order valence-corrected chi connectivity index (χ0v) is 8.76. The highest BCUT2D eigenvalue weighted by Crippen LogP contribution is 2.35. The average molecular weight is 232 g/mol. The summed E-state index contributed by atoms with van der Waals surface area (Å²) in [6.45, 7) is 4.45. The van der Waals surface area contributed by atoms with E-state index in [2.05, 4.69) is 33.6 Å². The van der Waals surface area contributed by atoms with Crippen molar-refractivity contribution in [3.63, 3.8) is 0 Å². The van der Waals surface area contributed by atoms with Gasteiger partial charge in [-0.1, -0.05) is 0 Å². The molecule has 0 aliphatic carbocycles. The van der Waals surface area contributed by atoms with Gasteiger partial charge < -0.3 is 5.32 Å². The van der Waals surface area contributed by atoms with Crippen molar-refractivity contribution in [2.24, 2.45) is 0 Å². The fourth-order valence-corrected chi connectivity index (χ4v) is 3.11. The van der Waals surface area contributed by atoms with Gasteiger partial charge in [-0.3, -0.25) is 0 Å². The molecule has 0 saturated carbocycles. The molecular weight excluding hydrogens is 222 g/mol. The molecule has 1 aliphatic rings. The molecule has 1 nitrogen and oxygen atoms in total. The standard InChI is InChI=1S/C8H10BrNS/c1-5-4-11-8(7(5)9)6-2-10-3-6/h4,6,10H,2-3H2,1H3. The maximum atomic E-state index is 3.61. The van der Waals surface area contributed by atoms with Crippen molar-refractivity contribution < 1.29 is 0 Å². The predicted octanol–water partition coefficient (Wildman–Crippen LogP) is 2.51. The van der Waals surface area contributed by atoms with Crippen LogP contribution in [0.2, 0.25) is 0 Å².